The van der Waals surface area contributed by atoms with Crippen molar-refractivity contribution < 1.29 is 9.53 Å². The van der Waals surface area contributed by atoms with E-state index in [2.05, 4.69) is 54.4 Å². The van der Waals surface area contributed by atoms with Gasteiger partial charge < -0.3 is 4.74 Å². The number of carbonyl (C=O) groups excluding carboxylic acids is 1. The van der Waals surface area contributed by atoms with Gasteiger partial charge in [0.15, 0.2) is 5.78 Å². The Bertz CT molecular complexity index is 791. The van der Waals surface area contributed by atoms with E-state index in [9.17, 15) is 4.79 Å². The van der Waals surface area contributed by atoms with Crippen molar-refractivity contribution in [3.05, 3.63) is 66.3 Å². The van der Waals surface area contributed by atoms with Crippen molar-refractivity contribution in [2.75, 3.05) is 14.2 Å². The second-order valence-electron chi connectivity index (χ2n) is 7.27. The van der Waals surface area contributed by atoms with Crippen LogP contribution in [-0.2, 0) is 4.74 Å². The highest BCUT2D eigenvalue weighted by molar-refractivity contribution is 6.01. The van der Waals surface area contributed by atoms with Crippen LogP contribution in [-0.4, -0.2) is 35.6 Å². The number of aliphatic imine (C=N–C) groups is 1. The van der Waals surface area contributed by atoms with Crippen LogP contribution in [0, 0.1) is 5.41 Å². The lowest BCUT2D eigenvalue weighted by atomic mass is 9.87. The van der Waals surface area contributed by atoms with Crippen LogP contribution >= 0.6 is 0 Å². The zero-order valence-electron chi connectivity index (χ0n) is 17.1. The molecule has 0 fully saturated rings. The Morgan fingerprint density at radius 3 is 2.33 bits per heavy atom. The minimum Gasteiger partial charge on any atom is -0.497 e. The van der Waals surface area contributed by atoms with Crippen LogP contribution in [0.1, 0.15) is 55.7 Å². The normalized spacial score (nSPS) is 11.3. The van der Waals surface area contributed by atoms with Gasteiger partial charge in [0.2, 0.25) is 0 Å². The average molecular weight is 367 g/mol. The molecule has 0 unspecified atom stereocenters. The molecule has 0 aliphatic rings. The Morgan fingerprint density at radius 2 is 1.89 bits per heavy atom. The molecule has 0 amide bonds. The van der Waals surface area contributed by atoms with Gasteiger partial charge >= 0.3 is 0 Å². The summed E-state index contributed by atoms with van der Waals surface area (Å²) in [6.07, 6.45) is 3.85. The molecule has 0 spiro atoms. The highest BCUT2D eigenvalue weighted by Gasteiger charge is 2.15. The number of benzene rings is 1. The summed E-state index contributed by atoms with van der Waals surface area (Å²) in [5, 5.41) is 0. The molecule has 1 heterocycles. The Hall–Kier alpha value is -2.82. The first-order valence-corrected chi connectivity index (χ1v) is 8.74. The van der Waals surface area contributed by atoms with E-state index in [0.29, 0.717) is 11.5 Å². The topological polar surface area (TPSA) is 64.4 Å². The third kappa shape index (κ3) is 7.94. The molecule has 0 N–H and O–H groups in total. The van der Waals surface area contributed by atoms with Crippen LogP contribution in [0.3, 0.4) is 0 Å². The molecule has 5 nitrogen and oxygen atoms in total. The van der Waals surface area contributed by atoms with Crippen LogP contribution in [0.5, 0.6) is 0 Å². The molecule has 0 atom stereocenters. The van der Waals surface area contributed by atoms with Crippen LogP contribution in [0.15, 0.2) is 54.4 Å². The summed E-state index contributed by atoms with van der Waals surface area (Å²) >= 11 is 0. The van der Waals surface area contributed by atoms with Gasteiger partial charge in [0.25, 0.3) is 0 Å². The van der Waals surface area contributed by atoms with Gasteiger partial charge in [0.1, 0.15) is 17.8 Å². The summed E-state index contributed by atoms with van der Waals surface area (Å²) in [4.78, 5) is 22.4. The van der Waals surface area contributed by atoms with Gasteiger partial charge in [-0.2, -0.15) is 0 Å². The van der Waals surface area contributed by atoms with Crippen molar-refractivity contribution in [1.82, 2.24) is 9.97 Å². The third-order valence-electron chi connectivity index (χ3n) is 3.67. The first kappa shape index (κ1) is 22.2. The molecule has 0 aliphatic carbocycles. The number of rotatable bonds is 5. The fourth-order valence-corrected chi connectivity index (χ4v) is 2.30. The van der Waals surface area contributed by atoms with Crippen molar-refractivity contribution in [3.63, 3.8) is 0 Å². The third-order valence-corrected chi connectivity index (χ3v) is 3.67. The van der Waals surface area contributed by atoms with Gasteiger partial charge in [-0.3, -0.25) is 9.79 Å². The molecule has 0 saturated carbocycles. The monoisotopic (exact) mass is 367 g/mol. The first-order valence-electron chi connectivity index (χ1n) is 8.74. The van der Waals surface area contributed by atoms with Crippen molar-refractivity contribution in [1.29, 1.82) is 0 Å². The molecular weight excluding hydrogens is 338 g/mol. The summed E-state index contributed by atoms with van der Waals surface area (Å²) in [5.74, 6) is 0.653. The molecule has 0 saturated heterocycles. The standard InChI is InChI=1S/C16H23NO.C6H6N2O/c1-12(18-6)13-8-7-9-14(10-13)15(17-5)11-16(2,3)4;1-5(9)6-2-3-7-4-8-6/h7-10H,1,11H2,2-6H3;2-4H,1H3. The number of nitrogens with zero attached hydrogens (tertiary/aromatic N) is 3. The van der Waals surface area contributed by atoms with Gasteiger partial charge in [-0.1, -0.05) is 45.5 Å². The summed E-state index contributed by atoms with van der Waals surface area (Å²) < 4.78 is 5.17. The van der Waals surface area contributed by atoms with E-state index in [-0.39, 0.29) is 11.2 Å². The molecule has 2 aromatic rings. The summed E-state index contributed by atoms with van der Waals surface area (Å²) in [6.45, 7) is 12.0. The van der Waals surface area contributed by atoms with E-state index in [1.807, 2.05) is 19.2 Å². The molecule has 0 aliphatic heterocycles. The van der Waals surface area contributed by atoms with Crippen LogP contribution in [0.2, 0.25) is 0 Å². The second kappa shape index (κ2) is 10.4. The fraction of sp³-hybridized carbons (Fsp3) is 0.364. The average Bonchev–Trinajstić information content (AvgIpc) is 2.66. The fourth-order valence-electron chi connectivity index (χ4n) is 2.30. The van der Waals surface area contributed by atoms with Gasteiger partial charge in [0.05, 0.1) is 7.11 Å². The molecular formula is C22H29N3O2. The maximum Gasteiger partial charge on any atom is 0.178 e. The first-order chi connectivity index (χ1) is 12.7. The summed E-state index contributed by atoms with van der Waals surface area (Å²) in [6, 6.07) is 9.77. The Balaban J connectivity index is 0.000000337. The summed E-state index contributed by atoms with van der Waals surface area (Å²) in [7, 11) is 3.48. The minimum atomic E-state index is -0.0302. The van der Waals surface area contributed by atoms with E-state index < -0.39 is 0 Å². The second-order valence-corrected chi connectivity index (χ2v) is 7.27. The number of Topliss-reactive ketones (excluding diaryl/α,β-unsaturated/α-hetero) is 1. The highest BCUT2D eigenvalue weighted by Crippen LogP contribution is 2.23. The van der Waals surface area contributed by atoms with E-state index in [4.69, 9.17) is 4.74 Å². The maximum absolute atomic E-state index is 10.6. The maximum atomic E-state index is 10.6. The van der Waals surface area contributed by atoms with Gasteiger partial charge in [-0.05, 0) is 29.5 Å². The smallest absolute Gasteiger partial charge is 0.178 e. The predicted octanol–water partition coefficient (Wildman–Crippen LogP) is 4.84. The molecule has 1 aromatic carbocycles. The van der Waals surface area contributed by atoms with Crippen LogP contribution < -0.4 is 0 Å². The Morgan fingerprint density at radius 1 is 1.22 bits per heavy atom. The lowest BCUT2D eigenvalue weighted by Gasteiger charge is -2.20. The minimum absolute atomic E-state index is 0.0302. The van der Waals surface area contributed by atoms with Crippen LogP contribution in [0.4, 0.5) is 0 Å². The number of ether oxygens (including phenoxy) is 1. The number of aromatic nitrogens is 2. The number of ketones is 1. The zero-order chi connectivity index (χ0) is 20.4. The molecule has 144 valence electrons. The van der Waals surface area contributed by atoms with E-state index in [1.165, 1.54) is 13.3 Å². The van der Waals surface area contributed by atoms with E-state index in [1.54, 1.807) is 19.4 Å². The highest BCUT2D eigenvalue weighted by atomic mass is 16.5. The number of hydrogen-bond acceptors (Lipinski definition) is 5. The summed E-state index contributed by atoms with van der Waals surface area (Å²) in [5.41, 5.74) is 3.95. The predicted molar refractivity (Wildman–Crippen MR) is 111 cm³/mol. The van der Waals surface area contributed by atoms with Gasteiger partial charge in [0, 0.05) is 31.4 Å². The van der Waals surface area contributed by atoms with Crippen LogP contribution in [0.25, 0.3) is 5.76 Å². The lowest BCUT2D eigenvalue weighted by molar-refractivity contribution is 0.101. The Kier molecular flexibility index (Phi) is 8.52. The van der Waals surface area contributed by atoms with Gasteiger partial charge in [-0.25, -0.2) is 9.97 Å². The van der Waals surface area contributed by atoms with Crippen molar-refractivity contribution in [2.45, 2.75) is 34.1 Å². The number of carbonyl (C=O) groups is 1. The number of hydrogen-bond donors (Lipinski definition) is 0. The van der Waals surface area contributed by atoms with Crippen molar-refractivity contribution in [2.24, 2.45) is 10.4 Å². The molecule has 5 heteroatoms. The molecule has 1 aromatic heterocycles. The van der Waals surface area contributed by atoms with Crippen molar-refractivity contribution in [3.8, 4) is 0 Å². The van der Waals surface area contributed by atoms with Gasteiger partial charge in [-0.15, -0.1) is 0 Å². The number of methoxy groups -OCH3 is 1. The molecule has 0 radical (unpaired) electrons. The van der Waals surface area contributed by atoms with E-state index in [0.717, 1.165) is 23.3 Å². The van der Waals surface area contributed by atoms with E-state index >= 15 is 0 Å². The molecule has 27 heavy (non-hydrogen) atoms. The van der Waals surface area contributed by atoms with Crippen molar-refractivity contribution >= 4 is 17.3 Å². The zero-order valence-corrected chi connectivity index (χ0v) is 17.1. The largest absolute Gasteiger partial charge is 0.497 e. The lowest BCUT2D eigenvalue weighted by Crippen LogP contribution is -2.14. The Labute approximate surface area is 162 Å². The molecule has 2 rings (SSSR count). The molecule has 0 bridgehead atoms. The quantitative estimate of drug-likeness (QED) is 0.431. The SMILES string of the molecule is C=C(OC)c1cccc(C(CC(C)(C)C)=NC)c1.CC(=O)c1ccncn1.